The summed E-state index contributed by atoms with van der Waals surface area (Å²) in [6.07, 6.45) is 1.82. The first-order valence-corrected chi connectivity index (χ1v) is 6.58. The van der Waals surface area contributed by atoms with Crippen molar-refractivity contribution in [2.45, 2.75) is 26.8 Å². The minimum Gasteiger partial charge on any atom is -0.508 e. The molecule has 110 valence electrons. The molecule has 0 aliphatic carbocycles. The fraction of sp³-hybridized carbons (Fsp3) is 0.267. The van der Waals surface area contributed by atoms with Crippen molar-refractivity contribution in [2.24, 2.45) is 0 Å². The van der Waals surface area contributed by atoms with Crippen LogP contribution in [0.1, 0.15) is 17.7 Å². The van der Waals surface area contributed by atoms with Gasteiger partial charge in [-0.1, -0.05) is 6.07 Å². The molecule has 0 aromatic carbocycles. The van der Waals surface area contributed by atoms with Gasteiger partial charge in [-0.15, -0.1) is 0 Å². The predicted octanol–water partition coefficient (Wildman–Crippen LogP) is 1.59. The average Bonchev–Trinajstić information content (AvgIpc) is 2.40. The van der Waals surface area contributed by atoms with Crippen LogP contribution in [0, 0.1) is 13.8 Å². The molecule has 0 saturated carbocycles. The van der Waals surface area contributed by atoms with Crippen LogP contribution in [-0.2, 0) is 11.3 Å². The maximum atomic E-state index is 11.8. The van der Waals surface area contributed by atoms with Gasteiger partial charge in [-0.3, -0.25) is 9.59 Å². The van der Waals surface area contributed by atoms with Crippen LogP contribution in [0.2, 0.25) is 0 Å². The molecule has 0 atom stereocenters. The minimum absolute atomic E-state index is 0.0675. The molecule has 2 aromatic heterocycles. The number of aromatic hydroxyl groups is 1. The largest absolute Gasteiger partial charge is 0.508 e. The molecule has 2 rings (SSSR count). The Kier molecular flexibility index (Phi) is 4.37. The van der Waals surface area contributed by atoms with Crippen LogP contribution >= 0.6 is 0 Å². The van der Waals surface area contributed by atoms with E-state index in [-0.39, 0.29) is 30.2 Å². The van der Waals surface area contributed by atoms with Crippen molar-refractivity contribution in [3.05, 3.63) is 52.1 Å². The quantitative estimate of drug-likeness (QED) is 0.894. The van der Waals surface area contributed by atoms with Crippen LogP contribution < -0.4 is 10.9 Å². The molecule has 2 aromatic rings. The first-order valence-electron chi connectivity index (χ1n) is 6.58. The van der Waals surface area contributed by atoms with Crippen molar-refractivity contribution >= 4 is 11.7 Å². The van der Waals surface area contributed by atoms with Crippen molar-refractivity contribution in [3.63, 3.8) is 0 Å². The first-order chi connectivity index (χ1) is 9.95. The molecule has 21 heavy (non-hydrogen) atoms. The van der Waals surface area contributed by atoms with Gasteiger partial charge in [-0.05, 0) is 31.5 Å². The van der Waals surface area contributed by atoms with E-state index in [4.69, 9.17) is 0 Å². The molecular formula is C15H17N3O3. The Labute approximate surface area is 122 Å². The van der Waals surface area contributed by atoms with E-state index in [1.807, 2.05) is 13.0 Å². The third kappa shape index (κ3) is 3.92. The number of carbonyl (C=O) groups is 1. The molecule has 1 amide bonds. The number of amides is 1. The molecule has 0 aliphatic heterocycles. The summed E-state index contributed by atoms with van der Waals surface area (Å²) in [5.41, 5.74) is 1.30. The summed E-state index contributed by atoms with van der Waals surface area (Å²) < 4.78 is 1.45. The van der Waals surface area contributed by atoms with Crippen molar-refractivity contribution < 1.29 is 9.90 Å². The van der Waals surface area contributed by atoms with E-state index in [2.05, 4.69) is 10.3 Å². The lowest BCUT2D eigenvalue weighted by Crippen LogP contribution is -2.24. The number of pyridine rings is 2. The number of carbonyl (C=O) groups excluding carboxylic acids is 1. The third-order valence-corrected chi connectivity index (χ3v) is 3.06. The molecule has 0 spiro atoms. The van der Waals surface area contributed by atoms with Crippen LogP contribution in [0.4, 0.5) is 5.82 Å². The van der Waals surface area contributed by atoms with Crippen LogP contribution in [0.5, 0.6) is 5.75 Å². The third-order valence-electron chi connectivity index (χ3n) is 3.06. The molecule has 6 nitrogen and oxygen atoms in total. The number of hydrogen-bond acceptors (Lipinski definition) is 4. The molecule has 0 bridgehead atoms. The number of hydrogen-bond donors (Lipinski definition) is 2. The lowest BCUT2D eigenvalue weighted by Gasteiger charge is -2.10. The summed E-state index contributed by atoms with van der Waals surface area (Å²) in [6, 6.07) is 6.20. The van der Waals surface area contributed by atoms with E-state index in [1.165, 1.54) is 10.6 Å². The second kappa shape index (κ2) is 6.21. The van der Waals surface area contributed by atoms with Crippen molar-refractivity contribution in [3.8, 4) is 5.75 Å². The van der Waals surface area contributed by atoms with E-state index in [1.54, 1.807) is 19.2 Å². The number of aromatic nitrogens is 2. The fourth-order valence-corrected chi connectivity index (χ4v) is 1.96. The number of rotatable bonds is 4. The van der Waals surface area contributed by atoms with Gasteiger partial charge in [-0.2, -0.15) is 0 Å². The van der Waals surface area contributed by atoms with Gasteiger partial charge in [0.25, 0.3) is 5.56 Å². The monoisotopic (exact) mass is 287 g/mol. The van der Waals surface area contributed by atoms with Gasteiger partial charge in [0.05, 0.1) is 0 Å². The van der Waals surface area contributed by atoms with Gasteiger partial charge in [-0.25, -0.2) is 4.98 Å². The Morgan fingerprint density at radius 2 is 2.10 bits per heavy atom. The Morgan fingerprint density at radius 1 is 1.33 bits per heavy atom. The van der Waals surface area contributed by atoms with Crippen molar-refractivity contribution in [2.75, 3.05) is 5.32 Å². The zero-order chi connectivity index (χ0) is 15.4. The molecule has 6 heteroatoms. The highest BCUT2D eigenvalue weighted by Gasteiger charge is 2.07. The van der Waals surface area contributed by atoms with E-state index in [9.17, 15) is 14.7 Å². The highest BCUT2D eigenvalue weighted by Crippen LogP contribution is 2.08. The van der Waals surface area contributed by atoms with E-state index in [0.717, 1.165) is 11.6 Å². The summed E-state index contributed by atoms with van der Waals surface area (Å²) >= 11 is 0. The summed E-state index contributed by atoms with van der Waals surface area (Å²) in [5, 5.41) is 12.0. The average molecular weight is 287 g/mol. The van der Waals surface area contributed by atoms with E-state index in [0.29, 0.717) is 11.5 Å². The fourth-order valence-electron chi connectivity index (χ4n) is 1.96. The molecule has 0 saturated heterocycles. The molecule has 2 N–H and O–H groups in total. The number of nitrogens with zero attached hydrogens (tertiary/aromatic N) is 2. The Bertz CT molecular complexity index is 705. The van der Waals surface area contributed by atoms with E-state index < -0.39 is 0 Å². The molecule has 0 aliphatic rings. The van der Waals surface area contributed by atoms with Crippen molar-refractivity contribution in [1.29, 1.82) is 0 Å². The van der Waals surface area contributed by atoms with Gasteiger partial charge >= 0.3 is 0 Å². The summed E-state index contributed by atoms with van der Waals surface area (Å²) in [4.78, 5) is 27.7. The standard InChI is InChI=1S/C15H17N3O3/c1-10-3-4-13(16-9-10)17-14(20)5-6-18-11(2)7-12(19)8-15(18)21/h3-4,7-9,19H,5-6H2,1-2H3,(H,16,17,20). The van der Waals surface area contributed by atoms with Gasteiger partial charge in [0, 0.05) is 30.9 Å². The van der Waals surface area contributed by atoms with Crippen LogP contribution in [-0.4, -0.2) is 20.6 Å². The summed E-state index contributed by atoms with van der Waals surface area (Å²) in [7, 11) is 0. The lowest BCUT2D eigenvalue weighted by atomic mass is 10.3. The second-order valence-corrected chi connectivity index (χ2v) is 4.86. The summed E-state index contributed by atoms with van der Waals surface area (Å²) in [5.74, 6) is 0.202. The number of anilines is 1. The first kappa shape index (κ1) is 14.8. The number of aryl methyl sites for hydroxylation is 2. The topological polar surface area (TPSA) is 84.2 Å². The Hall–Kier alpha value is -2.63. The molecule has 0 fully saturated rings. The Morgan fingerprint density at radius 3 is 2.71 bits per heavy atom. The van der Waals surface area contributed by atoms with Gasteiger partial charge < -0.3 is 15.0 Å². The second-order valence-electron chi connectivity index (χ2n) is 4.86. The molecule has 2 heterocycles. The zero-order valence-electron chi connectivity index (χ0n) is 12.0. The maximum absolute atomic E-state index is 11.8. The number of nitrogens with one attached hydrogen (secondary N) is 1. The van der Waals surface area contributed by atoms with Crippen LogP contribution in [0.15, 0.2) is 35.3 Å². The highest BCUT2D eigenvalue weighted by molar-refractivity contribution is 5.89. The maximum Gasteiger partial charge on any atom is 0.254 e. The zero-order valence-corrected chi connectivity index (χ0v) is 12.0. The van der Waals surface area contributed by atoms with Gasteiger partial charge in [0.2, 0.25) is 5.91 Å². The SMILES string of the molecule is Cc1ccc(NC(=O)CCn2c(C)cc(O)cc2=O)nc1. The molecular weight excluding hydrogens is 270 g/mol. The molecule has 0 radical (unpaired) electrons. The van der Waals surface area contributed by atoms with Crippen LogP contribution in [0.25, 0.3) is 0 Å². The smallest absolute Gasteiger partial charge is 0.254 e. The van der Waals surface area contributed by atoms with Gasteiger partial charge in [0.1, 0.15) is 11.6 Å². The highest BCUT2D eigenvalue weighted by atomic mass is 16.3. The Balaban J connectivity index is 1.98. The van der Waals surface area contributed by atoms with Crippen molar-refractivity contribution in [1.82, 2.24) is 9.55 Å². The van der Waals surface area contributed by atoms with Crippen LogP contribution in [0.3, 0.4) is 0 Å². The normalized spacial score (nSPS) is 10.4. The summed E-state index contributed by atoms with van der Waals surface area (Å²) in [6.45, 7) is 3.88. The predicted molar refractivity (Wildman–Crippen MR) is 79.3 cm³/mol. The molecule has 0 unspecified atom stereocenters. The van der Waals surface area contributed by atoms with E-state index >= 15 is 0 Å². The van der Waals surface area contributed by atoms with Gasteiger partial charge in [0.15, 0.2) is 0 Å². The minimum atomic E-state index is -0.325. The lowest BCUT2D eigenvalue weighted by molar-refractivity contribution is -0.116.